The molecule has 2 aromatic rings. The van der Waals surface area contributed by atoms with Gasteiger partial charge in [0, 0.05) is 33.7 Å². The molecule has 0 saturated heterocycles. The molecule has 0 spiro atoms. The molecule has 3 heteroatoms. The average Bonchev–Trinajstić information content (AvgIpc) is 2.56. The van der Waals surface area contributed by atoms with Crippen molar-refractivity contribution in [1.82, 2.24) is 4.57 Å². The van der Waals surface area contributed by atoms with Crippen molar-refractivity contribution in [3.63, 3.8) is 0 Å². The van der Waals surface area contributed by atoms with E-state index in [0.717, 1.165) is 16.5 Å². The molecule has 0 radical (unpaired) electrons. The predicted molar refractivity (Wildman–Crippen MR) is 68.0 cm³/mol. The Morgan fingerprint density at radius 2 is 1.94 bits per heavy atom. The van der Waals surface area contributed by atoms with E-state index < -0.39 is 6.10 Å². The summed E-state index contributed by atoms with van der Waals surface area (Å²) in [5, 5.41) is 11.5. The first-order valence-corrected chi connectivity index (χ1v) is 5.86. The minimum absolute atomic E-state index is 0.371. The summed E-state index contributed by atoms with van der Waals surface area (Å²) >= 11 is 5.99. The third kappa shape index (κ3) is 1.83. The van der Waals surface area contributed by atoms with Crippen molar-refractivity contribution in [2.45, 2.75) is 32.9 Å². The molecule has 2 rings (SSSR count). The maximum atomic E-state index is 9.75. The van der Waals surface area contributed by atoms with E-state index >= 15 is 0 Å². The third-order valence-electron chi connectivity index (χ3n) is 2.83. The maximum absolute atomic E-state index is 9.75. The van der Waals surface area contributed by atoms with Crippen LogP contribution in [0.5, 0.6) is 0 Å². The minimum Gasteiger partial charge on any atom is -0.389 e. The van der Waals surface area contributed by atoms with Crippen LogP contribution in [0.1, 0.15) is 38.5 Å². The van der Waals surface area contributed by atoms with Crippen LogP contribution in [-0.2, 0) is 0 Å². The summed E-state index contributed by atoms with van der Waals surface area (Å²) in [7, 11) is 0. The summed E-state index contributed by atoms with van der Waals surface area (Å²) in [5.41, 5.74) is 2.06. The van der Waals surface area contributed by atoms with E-state index in [1.165, 1.54) is 0 Å². The first kappa shape index (κ1) is 11.5. The number of aliphatic hydroxyl groups is 1. The van der Waals surface area contributed by atoms with Gasteiger partial charge in [-0.3, -0.25) is 0 Å². The van der Waals surface area contributed by atoms with Gasteiger partial charge >= 0.3 is 0 Å². The van der Waals surface area contributed by atoms with Crippen LogP contribution >= 0.6 is 11.6 Å². The zero-order valence-corrected chi connectivity index (χ0v) is 10.5. The van der Waals surface area contributed by atoms with Crippen molar-refractivity contribution in [2.24, 2.45) is 0 Å². The van der Waals surface area contributed by atoms with Crippen molar-refractivity contribution in [3.05, 3.63) is 35.0 Å². The number of rotatable bonds is 2. The molecule has 0 amide bonds. The smallest absolute Gasteiger partial charge is 0.0782 e. The van der Waals surface area contributed by atoms with E-state index in [-0.39, 0.29) is 0 Å². The molecule has 2 nitrogen and oxygen atoms in total. The number of halogens is 1. The van der Waals surface area contributed by atoms with Crippen LogP contribution in [0.25, 0.3) is 10.9 Å². The Labute approximate surface area is 100 Å². The van der Waals surface area contributed by atoms with Crippen molar-refractivity contribution in [1.29, 1.82) is 0 Å². The minimum atomic E-state index is -0.471. The van der Waals surface area contributed by atoms with Gasteiger partial charge in [-0.25, -0.2) is 0 Å². The lowest BCUT2D eigenvalue weighted by Crippen LogP contribution is -1.98. The molecule has 0 aliphatic rings. The SMILES string of the molecule is CC(O)c1cn(C(C)C)c2ccc(Cl)cc12. The fourth-order valence-electron chi connectivity index (χ4n) is 2.01. The van der Waals surface area contributed by atoms with E-state index in [2.05, 4.69) is 18.4 Å². The van der Waals surface area contributed by atoms with E-state index in [4.69, 9.17) is 11.6 Å². The predicted octanol–water partition coefficient (Wildman–Crippen LogP) is 3.93. The van der Waals surface area contributed by atoms with Crippen LogP contribution in [0.15, 0.2) is 24.4 Å². The molecule has 16 heavy (non-hydrogen) atoms. The molecule has 1 heterocycles. The average molecular weight is 238 g/mol. The quantitative estimate of drug-likeness (QED) is 0.841. The Bertz CT molecular complexity index is 514. The van der Waals surface area contributed by atoms with Crippen LogP contribution in [0.2, 0.25) is 5.02 Å². The third-order valence-corrected chi connectivity index (χ3v) is 3.07. The standard InChI is InChI=1S/C13H16ClNO/c1-8(2)15-7-12(9(3)16)11-6-10(14)4-5-13(11)15/h4-9,16H,1-3H3. The fourth-order valence-corrected chi connectivity index (χ4v) is 2.19. The van der Waals surface area contributed by atoms with Gasteiger partial charge in [0.05, 0.1) is 6.10 Å². The number of hydrogen-bond donors (Lipinski definition) is 1. The zero-order valence-electron chi connectivity index (χ0n) is 9.74. The summed E-state index contributed by atoms with van der Waals surface area (Å²) in [6, 6.07) is 6.17. The maximum Gasteiger partial charge on any atom is 0.0782 e. The molecule has 0 fully saturated rings. The molecule has 1 aromatic heterocycles. The second kappa shape index (κ2) is 4.11. The molecule has 0 aliphatic heterocycles. The van der Waals surface area contributed by atoms with Gasteiger partial charge in [-0.2, -0.15) is 0 Å². The molecule has 0 aliphatic carbocycles. The molecular weight excluding hydrogens is 222 g/mol. The molecule has 0 saturated carbocycles. The lowest BCUT2D eigenvalue weighted by Gasteiger charge is -2.08. The molecule has 1 atom stereocenters. The summed E-state index contributed by atoms with van der Waals surface area (Å²) in [4.78, 5) is 0. The molecule has 86 valence electrons. The largest absolute Gasteiger partial charge is 0.389 e. The van der Waals surface area contributed by atoms with Gasteiger partial charge in [-0.1, -0.05) is 11.6 Å². The van der Waals surface area contributed by atoms with E-state index in [1.54, 1.807) is 6.92 Å². The highest BCUT2D eigenvalue weighted by Gasteiger charge is 2.13. The Morgan fingerprint density at radius 1 is 1.25 bits per heavy atom. The van der Waals surface area contributed by atoms with E-state index in [1.807, 2.05) is 24.4 Å². The Balaban J connectivity index is 2.76. The second-order valence-corrected chi connectivity index (χ2v) is 4.86. The highest BCUT2D eigenvalue weighted by molar-refractivity contribution is 6.31. The lowest BCUT2D eigenvalue weighted by atomic mass is 10.1. The van der Waals surface area contributed by atoms with Crippen LogP contribution in [-0.4, -0.2) is 9.67 Å². The molecular formula is C13H16ClNO. The van der Waals surface area contributed by atoms with Gasteiger partial charge in [-0.05, 0) is 39.0 Å². The monoisotopic (exact) mass is 237 g/mol. The Morgan fingerprint density at radius 3 is 2.50 bits per heavy atom. The molecule has 1 aromatic carbocycles. The van der Waals surface area contributed by atoms with Crippen LogP contribution in [0.4, 0.5) is 0 Å². The summed E-state index contributed by atoms with van der Waals surface area (Å²) < 4.78 is 2.16. The Hall–Kier alpha value is -0.990. The van der Waals surface area contributed by atoms with Crippen molar-refractivity contribution in [2.75, 3.05) is 0 Å². The summed E-state index contributed by atoms with van der Waals surface area (Å²) in [6.07, 6.45) is 1.54. The van der Waals surface area contributed by atoms with E-state index in [9.17, 15) is 5.11 Å². The first-order chi connectivity index (χ1) is 7.50. The van der Waals surface area contributed by atoms with Crippen LogP contribution < -0.4 is 0 Å². The number of aromatic nitrogens is 1. The normalized spacial score (nSPS) is 13.6. The molecule has 0 bridgehead atoms. The number of fused-ring (bicyclic) bond motifs is 1. The highest BCUT2D eigenvalue weighted by Crippen LogP contribution is 2.30. The fraction of sp³-hybridized carbons (Fsp3) is 0.385. The number of aliphatic hydroxyl groups excluding tert-OH is 1. The highest BCUT2D eigenvalue weighted by atomic mass is 35.5. The summed E-state index contributed by atoms with van der Waals surface area (Å²) in [5.74, 6) is 0. The van der Waals surface area contributed by atoms with Gasteiger partial charge in [0.2, 0.25) is 0 Å². The van der Waals surface area contributed by atoms with Crippen molar-refractivity contribution < 1.29 is 5.11 Å². The van der Waals surface area contributed by atoms with E-state index in [0.29, 0.717) is 11.1 Å². The molecule has 1 unspecified atom stereocenters. The van der Waals surface area contributed by atoms with Gasteiger partial charge < -0.3 is 9.67 Å². The lowest BCUT2D eigenvalue weighted by molar-refractivity contribution is 0.200. The van der Waals surface area contributed by atoms with Crippen LogP contribution in [0.3, 0.4) is 0 Å². The number of hydrogen-bond acceptors (Lipinski definition) is 1. The topological polar surface area (TPSA) is 25.2 Å². The zero-order chi connectivity index (χ0) is 11.9. The number of benzene rings is 1. The van der Waals surface area contributed by atoms with Gasteiger partial charge in [0.1, 0.15) is 0 Å². The Kier molecular flexibility index (Phi) is 2.96. The molecule has 1 N–H and O–H groups in total. The van der Waals surface area contributed by atoms with Crippen LogP contribution in [0, 0.1) is 0 Å². The van der Waals surface area contributed by atoms with Crippen molar-refractivity contribution in [3.8, 4) is 0 Å². The number of nitrogens with zero attached hydrogens (tertiary/aromatic N) is 1. The van der Waals surface area contributed by atoms with Gasteiger partial charge in [0.25, 0.3) is 0 Å². The second-order valence-electron chi connectivity index (χ2n) is 4.42. The first-order valence-electron chi connectivity index (χ1n) is 5.48. The van der Waals surface area contributed by atoms with Gasteiger partial charge in [0.15, 0.2) is 0 Å². The van der Waals surface area contributed by atoms with Crippen molar-refractivity contribution >= 4 is 22.5 Å². The summed E-state index contributed by atoms with van der Waals surface area (Å²) in [6.45, 7) is 6.03. The van der Waals surface area contributed by atoms with Gasteiger partial charge in [-0.15, -0.1) is 0 Å².